The van der Waals surface area contributed by atoms with Gasteiger partial charge in [-0.3, -0.25) is 4.90 Å². The summed E-state index contributed by atoms with van der Waals surface area (Å²) < 4.78 is 16.6. The first-order valence-electron chi connectivity index (χ1n) is 11.5. The minimum Gasteiger partial charge on any atom is -0.493 e. The van der Waals surface area contributed by atoms with Crippen LogP contribution in [0.3, 0.4) is 0 Å². The summed E-state index contributed by atoms with van der Waals surface area (Å²) in [5.74, 6) is 3.49. The lowest BCUT2D eigenvalue weighted by Gasteiger charge is -2.39. The average molecular weight is 413 g/mol. The molecule has 0 bridgehead atoms. The second-order valence-corrected chi connectivity index (χ2v) is 8.75. The fourth-order valence-corrected chi connectivity index (χ4v) is 5.20. The van der Waals surface area contributed by atoms with Crippen LogP contribution >= 0.6 is 0 Å². The Morgan fingerprint density at radius 2 is 1.80 bits per heavy atom. The Morgan fingerprint density at radius 3 is 2.43 bits per heavy atom. The van der Waals surface area contributed by atoms with Crippen molar-refractivity contribution in [2.45, 2.75) is 51.5 Å². The smallest absolute Gasteiger partial charge is 0.195 e. The fourth-order valence-electron chi connectivity index (χ4n) is 5.20. The van der Waals surface area contributed by atoms with Gasteiger partial charge in [-0.25, -0.2) is 0 Å². The summed E-state index contributed by atoms with van der Waals surface area (Å²) in [5.41, 5.74) is 2.85. The molecule has 1 atom stereocenters. The monoisotopic (exact) mass is 412 g/mol. The van der Waals surface area contributed by atoms with Crippen molar-refractivity contribution in [1.82, 2.24) is 4.90 Å². The van der Waals surface area contributed by atoms with Crippen LogP contribution in [0.4, 0.5) is 5.88 Å². The van der Waals surface area contributed by atoms with Gasteiger partial charge in [0.2, 0.25) is 0 Å². The number of aryl methyl sites for hydroxylation is 1. The zero-order valence-electron chi connectivity index (χ0n) is 18.7. The largest absolute Gasteiger partial charge is 0.493 e. The summed E-state index contributed by atoms with van der Waals surface area (Å²) in [5, 5.41) is 0. The topological polar surface area (TPSA) is 38.1 Å². The molecule has 1 aliphatic carbocycles. The van der Waals surface area contributed by atoms with Crippen LogP contribution in [0.1, 0.15) is 43.7 Å². The van der Waals surface area contributed by atoms with E-state index in [1.807, 2.05) is 6.07 Å². The van der Waals surface area contributed by atoms with Gasteiger partial charge in [0.05, 0.1) is 20.5 Å². The average Bonchev–Trinajstić information content (AvgIpc) is 3.33. The summed E-state index contributed by atoms with van der Waals surface area (Å²) in [7, 11) is 3.44. The number of piperidine rings is 1. The van der Waals surface area contributed by atoms with E-state index < -0.39 is 0 Å². The number of benzene rings is 1. The summed E-state index contributed by atoms with van der Waals surface area (Å²) in [4.78, 5) is 5.16. The van der Waals surface area contributed by atoms with E-state index in [1.54, 1.807) is 20.5 Å². The molecule has 1 aliphatic heterocycles. The van der Waals surface area contributed by atoms with Gasteiger partial charge >= 0.3 is 0 Å². The molecule has 0 saturated carbocycles. The van der Waals surface area contributed by atoms with E-state index in [2.05, 4.69) is 34.9 Å². The zero-order chi connectivity index (χ0) is 20.9. The van der Waals surface area contributed by atoms with Crippen LogP contribution in [0.15, 0.2) is 34.9 Å². The van der Waals surface area contributed by atoms with E-state index in [1.165, 1.54) is 49.9 Å². The van der Waals surface area contributed by atoms with Crippen LogP contribution in [0.25, 0.3) is 0 Å². The van der Waals surface area contributed by atoms with E-state index in [0.717, 1.165) is 49.2 Å². The Hall–Kier alpha value is -2.14. The quantitative estimate of drug-likeness (QED) is 0.624. The molecule has 2 heterocycles. The van der Waals surface area contributed by atoms with Crippen molar-refractivity contribution in [1.29, 1.82) is 0 Å². The van der Waals surface area contributed by atoms with Gasteiger partial charge in [0.15, 0.2) is 17.4 Å². The Morgan fingerprint density at radius 1 is 1.07 bits per heavy atom. The fraction of sp³-hybridized carbons (Fsp3) is 0.600. The molecule has 1 aromatic heterocycles. The van der Waals surface area contributed by atoms with Crippen molar-refractivity contribution >= 4 is 5.88 Å². The summed E-state index contributed by atoms with van der Waals surface area (Å²) >= 11 is 0. The van der Waals surface area contributed by atoms with Gasteiger partial charge in [-0.15, -0.1) is 0 Å². The third-order valence-corrected chi connectivity index (χ3v) is 6.86. The molecule has 0 amide bonds. The van der Waals surface area contributed by atoms with E-state index in [4.69, 9.17) is 13.9 Å². The van der Waals surface area contributed by atoms with Gasteiger partial charge in [0.25, 0.3) is 0 Å². The summed E-state index contributed by atoms with van der Waals surface area (Å²) in [6, 6.07) is 9.06. The molecule has 5 nitrogen and oxygen atoms in total. The number of nitrogens with zero attached hydrogens (tertiary/aromatic N) is 2. The number of ether oxygens (including phenoxy) is 2. The van der Waals surface area contributed by atoms with Crippen LogP contribution in [0.5, 0.6) is 11.5 Å². The van der Waals surface area contributed by atoms with Crippen LogP contribution < -0.4 is 14.4 Å². The molecule has 0 spiro atoms. The molecule has 1 saturated heterocycles. The van der Waals surface area contributed by atoms with E-state index in [0.29, 0.717) is 6.04 Å². The first-order valence-corrected chi connectivity index (χ1v) is 11.5. The van der Waals surface area contributed by atoms with E-state index >= 15 is 0 Å². The molecular formula is C25H36N2O3. The van der Waals surface area contributed by atoms with Crippen molar-refractivity contribution in [2.75, 3.05) is 45.3 Å². The summed E-state index contributed by atoms with van der Waals surface area (Å²) in [6.07, 6.45) is 8.94. The maximum absolute atomic E-state index is 5.59. The lowest BCUT2D eigenvalue weighted by Crippen LogP contribution is -2.45. The molecule has 30 heavy (non-hydrogen) atoms. The maximum atomic E-state index is 5.59. The minimum absolute atomic E-state index is 0.624. The predicted molar refractivity (Wildman–Crippen MR) is 121 cm³/mol. The van der Waals surface area contributed by atoms with Gasteiger partial charge in [0.1, 0.15) is 0 Å². The Bertz CT molecular complexity index is 797. The van der Waals surface area contributed by atoms with Gasteiger partial charge in [0, 0.05) is 31.7 Å². The number of fused-ring (bicyclic) bond motifs is 1. The number of furan rings is 1. The highest BCUT2D eigenvalue weighted by atomic mass is 16.5. The van der Waals surface area contributed by atoms with E-state index in [-0.39, 0.29) is 0 Å². The first kappa shape index (κ1) is 21.1. The van der Waals surface area contributed by atoms with Gasteiger partial charge in [-0.1, -0.05) is 6.92 Å². The Balaban J connectivity index is 1.39. The van der Waals surface area contributed by atoms with Crippen molar-refractivity contribution < 1.29 is 13.9 Å². The first-order chi connectivity index (χ1) is 14.7. The van der Waals surface area contributed by atoms with Crippen LogP contribution in [0.2, 0.25) is 0 Å². The molecule has 2 aromatic rings. The van der Waals surface area contributed by atoms with Crippen molar-refractivity contribution in [2.24, 2.45) is 5.92 Å². The normalized spacial score (nSPS) is 19.7. The van der Waals surface area contributed by atoms with Crippen LogP contribution in [-0.4, -0.2) is 51.3 Å². The zero-order valence-corrected chi connectivity index (χ0v) is 18.7. The van der Waals surface area contributed by atoms with Crippen molar-refractivity contribution in [3.63, 3.8) is 0 Å². The Kier molecular flexibility index (Phi) is 6.88. The highest BCUT2D eigenvalue weighted by molar-refractivity contribution is 5.48. The van der Waals surface area contributed by atoms with Crippen LogP contribution in [0, 0.1) is 5.92 Å². The number of methoxy groups -OCH3 is 2. The molecule has 5 heteroatoms. The van der Waals surface area contributed by atoms with Crippen LogP contribution in [-0.2, 0) is 12.8 Å². The third-order valence-electron chi connectivity index (χ3n) is 6.86. The predicted octanol–water partition coefficient (Wildman–Crippen LogP) is 4.78. The molecule has 164 valence electrons. The molecule has 0 N–H and O–H groups in total. The second kappa shape index (κ2) is 9.78. The maximum Gasteiger partial charge on any atom is 0.195 e. The standard InChI is InChI=1S/C25H36N2O3/c1-4-11-27(18-19-9-12-26(13-10-19)25-6-5-14-30-25)22-8-7-20-16-23(28-2)24(29-3)17-21(20)15-22/h5-6,14,16-17,19,22H,4,7-13,15,18H2,1-3H3. The molecule has 4 rings (SSSR count). The highest BCUT2D eigenvalue weighted by Gasteiger charge is 2.29. The van der Waals surface area contributed by atoms with Crippen molar-refractivity contribution in [3.8, 4) is 11.5 Å². The van der Waals surface area contributed by atoms with E-state index in [9.17, 15) is 0 Å². The van der Waals surface area contributed by atoms with Gasteiger partial charge < -0.3 is 18.8 Å². The number of rotatable bonds is 8. The van der Waals surface area contributed by atoms with Gasteiger partial charge in [-0.2, -0.15) is 0 Å². The molecule has 2 aliphatic rings. The molecular weight excluding hydrogens is 376 g/mol. The molecule has 1 aromatic carbocycles. The minimum atomic E-state index is 0.624. The summed E-state index contributed by atoms with van der Waals surface area (Å²) in [6.45, 7) is 6.90. The molecule has 1 unspecified atom stereocenters. The molecule has 0 radical (unpaired) electrons. The third kappa shape index (κ3) is 4.61. The number of anilines is 1. The second-order valence-electron chi connectivity index (χ2n) is 8.75. The highest BCUT2D eigenvalue weighted by Crippen LogP contribution is 2.35. The number of hydrogen-bond donors (Lipinski definition) is 0. The lowest BCUT2D eigenvalue weighted by atomic mass is 9.86. The molecule has 1 fully saturated rings. The number of hydrogen-bond acceptors (Lipinski definition) is 5. The lowest BCUT2D eigenvalue weighted by molar-refractivity contribution is 0.142. The SMILES string of the molecule is CCCN(CC1CCN(c2ccco2)CC1)C1CCc2cc(OC)c(OC)cc2C1. The Labute approximate surface area is 180 Å². The van der Waals surface area contributed by atoms with Crippen molar-refractivity contribution in [3.05, 3.63) is 41.7 Å². The van der Waals surface area contributed by atoms with Gasteiger partial charge in [-0.05, 0) is 80.3 Å².